The molecule has 0 bridgehead atoms. The number of benzene rings is 1. The number of nitrogens with zero attached hydrogens (tertiary/aromatic N) is 3. The number of carbonyl (C=O) groups excluding carboxylic acids is 1. The lowest BCUT2D eigenvalue weighted by molar-refractivity contribution is 0.151. The van der Waals surface area contributed by atoms with Crippen molar-refractivity contribution in [1.29, 1.82) is 0 Å². The lowest BCUT2D eigenvalue weighted by Crippen LogP contribution is -2.47. The summed E-state index contributed by atoms with van der Waals surface area (Å²) < 4.78 is 15.9. The Morgan fingerprint density at radius 1 is 1.42 bits per heavy atom. The van der Waals surface area contributed by atoms with Gasteiger partial charge in [0.2, 0.25) is 5.82 Å². The molecule has 1 saturated carbocycles. The topological polar surface area (TPSA) is 89.7 Å². The first-order valence-corrected chi connectivity index (χ1v) is 8.77. The Hall–Kier alpha value is -2.61. The molecule has 1 aliphatic carbocycles. The summed E-state index contributed by atoms with van der Waals surface area (Å²) in [5.74, 6) is 1.64. The van der Waals surface area contributed by atoms with Crippen molar-refractivity contribution < 1.29 is 18.8 Å². The molecule has 0 saturated heterocycles. The molecule has 1 aromatic heterocycles. The lowest BCUT2D eigenvalue weighted by atomic mass is 9.92. The molecular weight excluding hydrogens is 336 g/mol. The number of methoxy groups -OCH3 is 1. The average Bonchev–Trinajstić information content (AvgIpc) is 3.20. The van der Waals surface area contributed by atoms with Crippen molar-refractivity contribution in [3.05, 3.63) is 29.7 Å². The molecular formula is C18H22N4O4. The molecule has 138 valence electrons. The fraction of sp³-hybridized carbons (Fsp3) is 0.500. The third-order valence-corrected chi connectivity index (χ3v) is 5.03. The molecule has 0 unspecified atom stereocenters. The Kier molecular flexibility index (Phi) is 4.50. The zero-order valence-electron chi connectivity index (χ0n) is 14.9. The second kappa shape index (κ2) is 6.95. The molecule has 4 rings (SSSR count). The lowest BCUT2D eigenvalue weighted by Gasteiger charge is -2.35. The molecule has 0 spiro atoms. The zero-order chi connectivity index (χ0) is 18.1. The number of fused-ring (bicyclic) bond motifs is 1. The van der Waals surface area contributed by atoms with Gasteiger partial charge in [0.25, 0.3) is 5.89 Å². The van der Waals surface area contributed by atoms with Crippen molar-refractivity contribution in [2.75, 3.05) is 20.8 Å². The number of hydrogen-bond donors (Lipinski definition) is 1. The number of urea groups is 1. The van der Waals surface area contributed by atoms with Crippen LogP contribution in [0.2, 0.25) is 0 Å². The quantitative estimate of drug-likeness (QED) is 0.883. The van der Waals surface area contributed by atoms with E-state index in [4.69, 9.17) is 14.0 Å². The second-order valence-corrected chi connectivity index (χ2v) is 6.71. The van der Waals surface area contributed by atoms with Crippen molar-refractivity contribution in [3.63, 3.8) is 0 Å². The normalized spacial score (nSPS) is 18.8. The van der Waals surface area contributed by atoms with Gasteiger partial charge in [0, 0.05) is 31.3 Å². The summed E-state index contributed by atoms with van der Waals surface area (Å²) in [6.07, 6.45) is 3.37. The molecule has 2 heterocycles. The Labute approximate surface area is 151 Å². The number of hydrogen-bond acceptors (Lipinski definition) is 6. The molecule has 26 heavy (non-hydrogen) atoms. The molecule has 0 radical (unpaired) electrons. The van der Waals surface area contributed by atoms with Crippen molar-refractivity contribution >= 4 is 6.03 Å². The molecule has 2 aliphatic rings. The fourth-order valence-corrected chi connectivity index (χ4v) is 3.21. The summed E-state index contributed by atoms with van der Waals surface area (Å²) in [5.41, 5.74) is 1.76. The Morgan fingerprint density at radius 2 is 2.27 bits per heavy atom. The first-order chi connectivity index (χ1) is 12.7. The maximum atomic E-state index is 12.4. The number of aromatic nitrogens is 2. The summed E-state index contributed by atoms with van der Waals surface area (Å²) in [6, 6.07) is 5.88. The van der Waals surface area contributed by atoms with Gasteiger partial charge in [-0.1, -0.05) is 17.3 Å². The predicted octanol–water partition coefficient (Wildman–Crippen LogP) is 2.51. The largest absolute Gasteiger partial charge is 0.491 e. The average molecular weight is 358 g/mol. The van der Waals surface area contributed by atoms with Crippen molar-refractivity contribution in [2.24, 2.45) is 0 Å². The van der Waals surface area contributed by atoms with Crippen molar-refractivity contribution in [1.82, 2.24) is 20.4 Å². The molecule has 1 atom stereocenters. The van der Waals surface area contributed by atoms with Crippen LogP contribution in [0.25, 0.3) is 11.4 Å². The number of ether oxygens (including phenoxy) is 2. The van der Waals surface area contributed by atoms with Crippen LogP contribution in [-0.2, 0) is 11.3 Å². The van der Waals surface area contributed by atoms with E-state index >= 15 is 0 Å². The van der Waals surface area contributed by atoms with Gasteiger partial charge in [0.15, 0.2) is 0 Å². The smallest absolute Gasteiger partial charge is 0.317 e. The van der Waals surface area contributed by atoms with Gasteiger partial charge in [-0.05, 0) is 25.3 Å². The van der Waals surface area contributed by atoms with Gasteiger partial charge < -0.3 is 24.2 Å². The van der Waals surface area contributed by atoms with Crippen LogP contribution in [0.5, 0.6) is 5.75 Å². The van der Waals surface area contributed by atoms with Crippen LogP contribution in [-0.4, -0.2) is 47.9 Å². The molecule has 1 N–H and O–H groups in total. The zero-order valence-corrected chi connectivity index (χ0v) is 14.9. The summed E-state index contributed by atoms with van der Waals surface area (Å²) in [4.78, 5) is 18.5. The van der Waals surface area contributed by atoms with Crippen LogP contribution >= 0.6 is 0 Å². The van der Waals surface area contributed by atoms with E-state index < -0.39 is 0 Å². The molecule has 2 aromatic rings. The highest BCUT2D eigenvalue weighted by atomic mass is 16.5. The first kappa shape index (κ1) is 16.8. The standard InChI is InChI=1S/C18H22N4O4/c1-22(12-4-3-5-12)18(23)19-14-9-25-15-8-11(6-7-13(14)15)17-20-16(10-24-2)26-21-17/h6-8,12,14H,3-5,9-10H2,1-2H3,(H,19,23)/t14-/m1/s1. The maximum absolute atomic E-state index is 12.4. The van der Waals surface area contributed by atoms with Gasteiger partial charge in [-0.3, -0.25) is 0 Å². The van der Waals surface area contributed by atoms with Gasteiger partial charge in [0.1, 0.15) is 19.0 Å². The molecule has 1 aliphatic heterocycles. The van der Waals surface area contributed by atoms with Crippen LogP contribution < -0.4 is 10.1 Å². The van der Waals surface area contributed by atoms with E-state index in [1.165, 1.54) is 6.42 Å². The Bertz CT molecular complexity index is 802. The van der Waals surface area contributed by atoms with Gasteiger partial charge in [0.05, 0.1) is 6.04 Å². The van der Waals surface area contributed by atoms with Crippen LogP contribution in [0.15, 0.2) is 22.7 Å². The third kappa shape index (κ3) is 3.12. The molecule has 8 nitrogen and oxygen atoms in total. The van der Waals surface area contributed by atoms with E-state index in [1.807, 2.05) is 25.2 Å². The predicted molar refractivity (Wildman–Crippen MR) is 92.6 cm³/mol. The van der Waals surface area contributed by atoms with Crippen molar-refractivity contribution in [2.45, 2.75) is 38.0 Å². The SMILES string of the molecule is COCc1nc(-c2ccc3c(c2)OC[C@H]3NC(=O)N(C)C2CCC2)no1. The summed E-state index contributed by atoms with van der Waals surface area (Å²) in [5, 5.41) is 7.02. The fourth-order valence-electron chi connectivity index (χ4n) is 3.21. The number of carbonyl (C=O) groups is 1. The van der Waals surface area contributed by atoms with Crippen LogP contribution in [0, 0.1) is 0 Å². The highest BCUT2D eigenvalue weighted by Crippen LogP contribution is 2.35. The van der Waals surface area contributed by atoms with E-state index in [9.17, 15) is 4.79 Å². The minimum Gasteiger partial charge on any atom is -0.491 e. The highest BCUT2D eigenvalue weighted by Gasteiger charge is 2.30. The minimum atomic E-state index is -0.150. The molecule has 1 aromatic carbocycles. The number of amides is 2. The van der Waals surface area contributed by atoms with E-state index in [2.05, 4.69) is 15.5 Å². The van der Waals surface area contributed by atoms with E-state index in [-0.39, 0.29) is 18.7 Å². The second-order valence-electron chi connectivity index (χ2n) is 6.71. The van der Waals surface area contributed by atoms with Crippen LogP contribution in [0.3, 0.4) is 0 Å². The minimum absolute atomic E-state index is 0.0531. The maximum Gasteiger partial charge on any atom is 0.317 e. The molecule has 2 amide bonds. The summed E-state index contributed by atoms with van der Waals surface area (Å²) in [7, 11) is 3.43. The van der Waals surface area contributed by atoms with Gasteiger partial charge in [-0.2, -0.15) is 4.98 Å². The third-order valence-electron chi connectivity index (χ3n) is 5.03. The Balaban J connectivity index is 1.46. The summed E-state index contributed by atoms with van der Waals surface area (Å²) in [6.45, 7) is 0.696. The molecule has 8 heteroatoms. The van der Waals surface area contributed by atoms with Gasteiger partial charge in [-0.15, -0.1) is 0 Å². The molecule has 1 fully saturated rings. The van der Waals surface area contributed by atoms with Crippen LogP contribution in [0.1, 0.15) is 36.8 Å². The summed E-state index contributed by atoms with van der Waals surface area (Å²) >= 11 is 0. The Morgan fingerprint density at radius 3 is 3.00 bits per heavy atom. The van der Waals surface area contributed by atoms with Gasteiger partial charge in [-0.25, -0.2) is 4.79 Å². The number of rotatable bonds is 5. The van der Waals surface area contributed by atoms with Gasteiger partial charge >= 0.3 is 6.03 Å². The highest BCUT2D eigenvalue weighted by molar-refractivity contribution is 5.75. The van der Waals surface area contributed by atoms with E-state index in [0.717, 1.165) is 29.7 Å². The van der Waals surface area contributed by atoms with Crippen molar-refractivity contribution in [3.8, 4) is 17.1 Å². The number of nitrogens with one attached hydrogen (secondary N) is 1. The van der Waals surface area contributed by atoms with Crippen LogP contribution in [0.4, 0.5) is 4.79 Å². The first-order valence-electron chi connectivity index (χ1n) is 8.77. The van der Waals surface area contributed by atoms with E-state index in [0.29, 0.717) is 24.4 Å². The van der Waals surface area contributed by atoms with E-state index in [1.54, 1.807) is 12.0 Å². The monoisotopic (exact) mass is 358 g/mol.